The fourth-order valence-corrected chi connectivity index (χ4v) is 2.96. The van der Waals surface area contributed by atoms with Gasteiger partial charge in [0.05, 0.1) is 23.4 Å². The Labute approximate surface area is 128 Å². The van der Waals surface area contributed by atoms with Gasteiger partial charge in [0.2, 0.25) is 0 Å². The highest BCUT2D eigenvalue weighted by Crippen LogP contribution is 2.29. The van der Waals surface area contributed by atoms with Crippen molar-refractivity contribution < 1.29 is 0 Å². The molecule has 0 radical (unpaired) electrons. The number of aromatic nitrogens is 6. The minimum atomic E-state index is -0.151. The van der Waals surface area contributed by atoms with Crippen LogP contribution < -0.4 is 0 Å². The molecule has 0 amide bonds. The van der Waals surface area contributed by atoms with Gasteiger partial charge in [0.15, 0.2) is 5.65 Å². The van der Waals surface area contributed by atoms with Crippen LogP contribution in [0.4, 0.5) is 0 Å². The van der Waals surface area contributed by atoms with E-state index in [1.54, 1.807) is 6.20 Å². The lowest BCUT2D eigenvalue weighted by atomic mass is 10.3. The minimum Gasteiger partial charge on any atom is -0.335 e. The topological polar surface area (TPSA) is 53.5 Å². The predicted molar refractivity (Wildman–Crippen MR) is 82.4 cm³/mol. The van der Waals surface area contributed by atoms with E-state index >= 15 is 0 Å². The molecule has 21 heavy (non-hydrogen) atoms. The summed E-state index contributed by atoms with van der Waals surface area (Å²) in [5, 5.41) is 4.31. The van der Waals surface area contributed by atoms with E-state index in [-0.39, 0.29) is 11.4 Å². The number of hydrogen-bond acceptors (Lipinski definition) is 3. The Morgan fingerprint density at radius 1 is 1.33 bits per heavy atom. The van der Waals surface area contributed by atoms with Crippen LogP contribution in [-0.2, 0) is 13.6 Å². The molecule has 2 unspecified atom stereocenters. The lowest BCUT2D eigenvalue weighted by Gasteiger charge is -2.19. The van der Waals surface area contributed by atoms with E-state index in [0.717, 1.165) is 29.2 Å². The van der Waals surface area contributed by atoms with Crippen LogP contribution in [0.5, 0.6) is 0 Å². The third-order valence-electron chi connectivity index (χ3n) is 3.69. The van der Waals surface area contributed by atoms with Crippen LogP contribution in [-0.4, -0.2) is 28.9 Å². The predicted octanol–water partition coefficient (Wildman–Crippen LogP) is 2.84. The van der Waals surface area contributed by atoms with E-state index in [1.165, 1.54) is 0 Å². The van der Waals surface area contributed by atoms with E-state index in [4.69, 9.17) is 16.6 Å². The summed E-state index contributed by atoms with van der Waals surface area (Å²) in [5.41, 5.74) is 2.87. The first-order valence-electron chi connectivity index (χ1n) is 7.00. The molecule has 3 aromatic rings. The summed E-state index contributed by atoms with van der Waals surface area (Å²) >= 11 is 6.34. The highest BCUT2D eigenvalue weighted by molar-refractivity contribution is 6.20. The molecule has 0 fully saturated rings. The highest BCUT2D eigenvalue weighted by Gasteiger charge is 2.23. The zero-order valence-corrected chi connectivity index (χ0v) is 13.4. The van der Waals surface area contributed by atoms with Gasteiger partial charge in [-0.1, -0.05) is 0 Å². The Bertz CT molecular complexity index is 752. The monoisotopic (exact) mass is 306 g/mol. The van der Waals surface area contributed by atoms with Gasteiger partial charge in [0.25, 0.3) is 0 Å². The Hall–Kier alpha value is -1.82. The van der Waals surface area contributed by atoms with Crippen molar-refractivity contribution in [2.75, 3.05) is 0 Å². The summed E-state index contributed by atoms with van der Waals surface area (Å²) in [6.07, 6.45) is 5.57. The molecule has 0 aliphatic carbocycles. The second-order valence-electron chi connectivity index (χ2n) is 5.45. The normalized spacial score (nSPS) is 14.7. The quantitative estimate of drug-likeness (QED) is 0.696. The number of aryl methyl sites for hydroxylation is 2. The Balaban J connectivity index is 2.12. The van der Waals surface area contributed by atoms with Crippen molar-refractivity contribution in [2.24, 2.45) is 7.05 Å². The largest absolute Gasteiger partial charge is 0.335 e. The molecule has 0 saturated carbocycles. The van der Waals surface area contributed by atoms with Gasteiger partial charge in [-0.05, 0) is 20.8 Å². The second-order valence-corrected chi connectivity index (χ2v) is 6.10. The van der Waals surface area contributed by atoms with Crippen LogP contribution in [0.25, 0.3) is 11.2 Å². The van der Waals surface area contributed by atoms with Crippen molar-refractivity contribution in [1.82, 2.24) is 28.9 Å². The molecule has 7 heteroatoms. The zero-order chi connectivity index (χ0) is 15.1. The first-order valence-corrected chi connectivity index (χ1v) is 7.44. The lowest BCUT2D eigenvalue weighted by Crippen LogP contribution is -2.17. The summed E-state index contributed by atoms with van der Waals surface area (Å²) in [6.45, 7) is 6.90. The van der Waals surface area contributed by atoms with E-state index in [2.05, 4.69) is 26.1 Å². The lowest BCUT2D eigenvalue weighted by molar-refractivity contribution is 0.452. The van der Waals surface area contributed by atoms with Gasteiger partial charge in [0.1, 0.15) is 11.3 Å². The van der Waals surface area contributed by atoms with Crippen LogP contribution in [0.15, 0.2) is 18.7 Å². The Morgan fingerprint density at radius 3 is 2.71 bits per heavy atom. The van der Waals surface area contributed by atoms with Crippen molar-refractivity contribution in [3.05, 3.63) is 30.2 Å². The molecule has 0 aromatic carbocycles. The van der Waals surface area contributed by atoms with Crippen molar-refractivity contribution in [3.8, 4) is 0 Å². The molecule has 3 rings (SSSR count). The van der Waals surface area contributed by atoms with Gasteiger partial charge >= 0.3 is 0 Å². The molecule has 0 aliphatic rings. The smallest absolute Gasteiger partial charge is 0.159 e. The summed E-state index contributed by atoms with van der Waals surface area (Å²) < 4.78 is 6.13. The third-order valence-corrected chi connectivity index (χ3v) is 3.89. The maximum atomic E-state index is 6.34. The number of imidazole rings is 2. The molecular weight excluding hydrogens is 288 g/mol. The standard InChI is InChI=1S/C14H19ClN6/c1-9(7-20-6-5-16-8-20)21-13(10(2)15)17-12-11(3)18-19(4)14(12)21/h5-6,8-10H,7H2,1-4H3. The van der Waals surface area contributed by atoms with Gasteiger partial charge in [-0.25, -0.2) is 9.97 Å². The van der Waals surface area contributed by atoms with Crippen LogP contribution in [0.3, 0.4) is 0 Å². The number of hydrogen-bond donors (Lipinski definition) is 0. The highest BCUT2D eigenvalue weighted by atomic mass is 35.5. The van der Waals surface area contributed by atoms with Gasteiger partial charge in [-0.2, -0.15) is 5.10 Å². The number of halogens is 1. The van der Waals surface area contributed by atoms with E-state index in [0.29, 0.717) is 0 Å². The fraction of sp³-hybridized carbons (Fsp3) is 0.500. The fourth-order valence-electron chi connectivity index (χ4n) is 2.81. The maximum absolute atomic E-state index is 6.34. The van der Waals surface area contributed by atoms with Gasteiger partial charge in [0, 0.05) is 26.0 Å². The number of nitrogens with zero attached hydrogens (tertiary/aromatic N) is 6. The molecule has 3 heterocycles. The molecule has 0 spiro atoms. The first kappa shape index (κ1) is 14.1. The van der Waals surface area contributed by atoms with Crippen molar-refractivity contribution >= 4 is 22.8 Å². The zero-order valence-electron chi connectivity index (χ0n) is 12.7. The third kappa shape index (κ3) is 2.33. The van der Waals surface area contributed by atoms with Crippen molar-refractivity contribution in [3.63, 3.8) is 0 Å². The summed E-state index contributed by atoms with van der Waals surface area (Å²) in [4.78, 5) is 8.80. The number of rotatable bonds is 4. The molecule has 3 aromatic heterocycles. The van der Waals surface area contributed by atoms with E-state index in [1.807, 2.05) is 38.1 Å². The molecule has 0 N–H and O–H groups in total. The Morgan fingerprint density at radius 2 is 2.10 bits per heavy atom. The van der Waals surface area contributed by atoms with E-state index < -0.39 is 0 Å². The SMILES string of the molecule is Cc1nn(C)c2c1nc(C(C)Cl)n2C(C)Cn1ccnc1. The maximum Gasteiger partial charge on any atom is 0.159 e. The summed E-state index contributed by atoms with van der Waals surface area (Å²) in [6, 6.07) is 0.204. The van der Waals surface area contributed by atoms with Crippen LogP contribution in [0.1, 0.15) is 36.8 Å². The number of alkyl halides is 1. The van der Waals surface area contributed by atoms with Gasteiger partial charge in [-0.15, -0.1) is 11.6 Å². The molecule has 2 atom stereocenters. The minimum absolute atomic E-state index is 0.151. The molecule has 0 bridgehead atoms. The van der Waals surface area contributed by atoms with E-state index in [9.17, 15) is 0 Å². The second kappa shape index (κ2) is 5.18. The Kier molecular flexibility index (Phi) is 3.49. The molecule has 0 saturated heterocycles. The molecule has 0 aliphatic heterocycles. The average molecular weight is 307 g/mol. The van der Waals surface area contributed by atoms with Gasteiger partial charge in [-0.3, -0.25) is 4.68 Å². The van der Waals surface area contributed by atoms with Crippen LogP contribution in [0, 0.1) is 6.92 Å². The summed E-state index contributed by atoms with van der Waals surface area (Å²) in [5.74, 6) is 0.885. The van der Waals surface area contributed by atoms with Crippen molar-refractivity contribution in [2.45, 2.75) is 38.7 Å². The van der Waals surface area contributed by atoms with Crippen LogP contribution in [0.2, 0.25) is 0 Å². The first-order chi connectivity index (χ1) is 9.99. The number of fused-ring (bicyclic) bond motifs is 1. The summed E-state index contributed by atoms with van der Waals surface area (Å²) in [7, 11) is 1.94. The average Bonchev–Trinajstić information content (AvgIpc) is 3.08. The van der Waals surface area contributed by atoms with Gasteiger partial charge < -0.3 is 9.13 Å². The molecule has 6 nitrogen and oxygen atoms in total. The molecular formula is C14H19ClN6. The van der Waals surface area contributed by atoms with Crippen molar-refractivity contribution in [1.29, 1.82) is 0 Å². The molecule has 112 valence electrons. The van der Waals surface area contributed by atoms with Crippen LogP contribution >= 0.6 is 11.6 Å².